The predicted molar refractivity (Wildman–Crippen MR) is 99.9 cm³/mol. The first kappa shape index (κ1) is 16.7. The molecule has 9 heteroatoms. The minimum Gasteiger partial charge on any atom is -0.269 e. The Hall–Kier alpha value is -2.71. The standard InChI is InChI=1S/C17H13ClN6OS/c1-11-3-2-4-15-19-13(9-16(25)23(11)15)10-26-17-20-21-22-24(17)14-7-5-12(18)6-8-14/h2-9H,10H2,1H3. The highest BCUT2D eigenvalue weighted by Crippen LogP contribution is 2.22. The highest BCUT2D eigenvalue weighted by Gasteiger charge is 2.11. The van der Waals surface area contributed by atoms with E-state index in [0.29, 0.717) is 27.3 Å². The number of nitrogens with zero attached hydrogens (tertiary/aromatic N) is 6. The Kier molecular flexibility index (Phi) is 4.44. The van der Waals surface area contributed by atoms with Gasteiger partial charge in [0.2, 0.25) is 5.16 Å². The van der Waals surface area contributed by atoms with Crippen LogP contribution in [-0.2, 0) is 5.75 Å². The second-order valence-corrected chi connectivity index (χ2v) is 6.96. The van der Waals surface area contributed by atoms with E-state index in [-0.39, 0.29) is 5.56 Å². The molecule has 0 saturated heterocycles. The summed E-state index contributed by atoms with van der Waals surface area (Å²) < 4.78 is 3.21. The van der Waals surface area contributed by atoms with Gasteiger partial charge in [0, 0.05) is 22.5 Å². The molecule has 0 aliphatic carbocycles. The topological polar surface area (TPSA) is 78.0 Å². The van der Waals surface area contributed by atoms with E-state index in [1.165, 1.54) is 11.8 Å². The van der Waals surface area contributed by atoms with Crippen molar-refractivity contribution >= 4 is 29.0 Å². The first-order chi connectivity index (χ1) is 12.6. The van der Waals surface area contributed by atoms with E-state index in [0.717, 1.165) is 11.4 Å². The second kappa shape index (κ2) is 6.89. The van der Waals surface area contributed by atoms with Gasteiger partial charge >= 0.3 is 0 Å². The first-order valence-electron chi connectivity index (χ1n) is 7.77. The lowest BCUT2D eigenvalue weighted by molar-refractivity contribution is 0.756. The summed E-state index contributed by atoms with van der Waals surface area (Å²) >= 11 is 7.33. The lowest BCUT2D eigenvalue weighted by Crippen LogP contribution is -2.17. The van der Waals surface area contributed by atoms with E-state index >= 15 is 0 Å². The SMILES string of the molecule is Cc1cccc2nc(CSc3nnnn3-c3ccc(Cl)cc3)cc(=O)n12. The average Bonchev–Trinajstić information content (AvgIpc) is 3.09. The Bertz CT molecular complexity index is 1140. The van der Waals surface area contributed by atoms with Gasteiger partial charge in [0.1, 0.15) is 5.65 Å². The molecule has 1 aromatic carbocycles. The monoisotopic (exact) mass is 384 g/mol. The van der Waals surface area contributed by atoms with Gasteiger partial charge in [-0.05, 0) is 53.7 Å². The van der Waals surface area contributed by atoms with Gasteiger partial charge in [-0.25, -0.2) is 4.98 Å². The Morgan fingerprint density at radius 1 is 1.15 bits per heavy atom. The normalized spacial score (nSPS) is 11.2. The lowest BCUT2D eigenvalue weighted by atomic mass is 10.3. The van der Waals surface area contributed by atoms with Crippen molar-refractivity contribution in [2.75, 3.05) is 0 Å². The molecule has 3 heterocycles. The molecule has 0 amide bonds. The summed E-state index contributed by atoms with van der Waals surface area (Å²) in [6.45, 7) is 1.88. The molecule has 0 saturated carbocycles. The van der Waals surface area contributed by atoms with Crippen LogP contribution in [0.15, 0.2) is 58.5 Å². The van der Waals surface area contributed by atoms with Crippen LogP contribution in [0.3, 0.4) is 0 Å². The Balaban J connectivity index is 1.61. The van der Waals surface area contributed by atoms with E-state index in [1.807, 2.05) is 37.3 Å². The van der Waals surface area contributed by atoms with E-state index in [4.69, 9.17) is 11.6 Å². The fourth-order valence-electron chi connectivity index (χ4n) is 2.59. The highest BCUT2D eigenvalue weighted by molar-refractivity contribution is 7.98. The molecular weight excluding hydrogens is 372 g/mol. The van der Waals surface area contributed by atoms with Gasteiger partial charge in [-0.3, -0.25) is 9.20 Å². The fraction of sp³-hybridized carbons (Fsp3) is 0.118. The minimum atomic E-state index is -0.0963. The van der Waals surface area contributed by atoms with Gasteiger partial charge in [0.05, 0.1) is 11.4 Å². The summed E-state index contributed by atoms with van der Waals surface area (Å²) in [7, 11) is 0. The molecule has 0 aliphatic heterocycles. The molecule has 0 spiro atoms. The maximum Gasteiger partial charge on any atom is 0.258 e. The molecule has 4 aromatic rings. The molecule has 0 atom stereocenters. The predicted octanol–water partition coefficient (Wildman–Crippen LogP) is 2.92. The number of tetrazole rings is 1. The summed E-state index contributed by atoms with van der Waals surface area (Å²) in [5.74, 6) is 0.480. The number of aromatic nitrogens is 6. The zero-order valence-electron chi connectivity index (χ0n) is 13.7. The van der Waals surface area contributed by atoms with Crippen LogP contribution in [0.4, 0.5) is 0 Å². The summed E-state index contributed by atoms with van der Waals surface area (Å²) in [4.78, 5) is 16.9. The van der Waals surface area contributed by atoms with Crippen LogP contribution >= 0.6 is 23.4 Å². The second-order valence-electron chi connectivity index (χ2n) is 5.58. The molecule has 0 aliphatic rings. The van der Waals surface area contributed by atoms with Gasteiger partial charge in [-0.2, -0.15) is 4.68 Å². The van der Waals surface area contributed by atoms with Crippen LogP contribution in [0, 0.1) is 6.92 Å². The number of fused-ring (bicyclic) bond motifs is 1. The first-order valence-corrected chi connectivity index (χ1v) is 9.13. The van der Waals surface area contributed by atoms with Crippen LogP contribution in [-0.4, -0.2) is 29.6 Å². The fourth-order valence-corrected chi connectivity index (χ4v) is 3.50. The van der Waals surface area contributed by atoms with Crippen molar-refractivity contribution in [2.24, 2.45) is 0 Å². The van der Waals surface area contributed by atoms with Crippen LogP contribution < -0.4 is 5.56 Å². The summed E-state index contributed by atoms with van der Waals surface area (Å²) in [5.41, 5.74) is 2.87. The van der Waals surface area contributed by atoms with Gasteiger partial charge in [0.15, 0.2) is 0 Å². The number of hydrogen-bond acceptors (Lipinski definition) is 6. The van der Waals surface area contributed by atoms with Gasteiger partial charge in [0.25, 0.3) is 5.56 Å². The van der Waals surface area contributed by atoms with Crippen LogP contribution in [0.25, 0.3) is 11.3 Å². The molecule has 0 radical (unpaired) electrons. The molecule has 130 valence electrons. The number of pyridine rings is 1. The van der Waals surface area contributed by atoms with Crippen LogP contribution in [0.1, 0.15) is 11.4 Å². The Morgan fingerprint density at radius 2 is 1.96 bits per heavy atom. The van der Waals surface area contributed by atoms with Crippen molar-refractivity contribution in [3.05, 3.63) is 75.3 Å². The number of halogens is 1. The smallest absolute Gasteiger partial charge is 0.258 e. The molecule has 0 N–H and O–H groups in total. The third kappa shape index (κ3) is 3.21. The van der Waals surface area contributed by atoms with Crippen molar-refractivity contribution in [2.45, 2.75) is 17.8 Å². The number of hydrogen-bond donors (Lipinski definition) is 0. The van der Waals surface area contributed by atoms with Gasteiger partial charge in [-0.1, -0.05) is 29.4 Å². The van der Waals surface area contributed by atoms with Crippen molar-refractivity contribution in [3.63, 3.8) is 0 Å². The van der Waals surface area contributed by atoms with Crippen molar-refractivity contribution in [1.82, 2.24) is 29.6 Å². The van der Waals surface area contributed by atoms with Crippen molar-refractivity contribution in [3.8, 4) is 5.69 Å². The van der Waals surface area contributed by atoms with Crippen LogP contribution in [0.5, 0.6) is 0 Å². The van der Waals surface area contributed by atoms with E-state index in [2.05, 4.69) is 20.5 Å². The summed E-state index contributed by atoms with van der Waals surface area (Å²) in [5, 5.41) is 13.1. The maximum atomic E-state index is 12.4. The lowest BCUT2D eigenvalue weighted by Gasteiger charge is -2.07. The Labute approximate surface area is 157 Å². The molecule has 0 unspecified atom stereocenters. The summed E-state index contributed by atoms with van der Waals surface area (Å²) in [6, 6.07) is 14.4. The van der Waals surface area contributed by atoms with Crippen molar-refractivity contribution in [1.29, 1.82) is 0 Å². The molecular formula is C17H13ClN6OS. The highest BCUT2D eigenvalue weighted by atomic mass is 35.5. The molecule has 3 aromatic heterocycles. The van der Waals surface area contributed by atoms with Gasteiger partial charge < -0.3 is 0 Å². The third-order valence-corrected chi connectivity index (χ3v) is 5.00. The third-order valence-electron chi connectivity index (χ3n) is 3.79. The van der Waals surface area contributed by atoms with E-state index < -0.39 is 0 Å². The zero-order valence-corrected chi connectivity index (χ0v) is 15.3. The number of rotatable bonds is 4. The van der Waals surface area contributed by atoms with Crippen LogP contribution in [0.2, 0.25) is 5.02 Å². The molecule has 26 heavy (non-hydrogen) atoms. The minimum absolute atomic E-state index is 0.0963. The van der Waals surface area contributed by atoms with Gasteiger partial charge in [-0.15, -0.1) is 5.10 Å². The summed E-state index contributed by atoms with van der Waals surface area (Å²) in [6.07, 6.45) is 0. The Morgan fingerprint density at radius 3 is 2.77 bits per heavy atom. The largest absolute Gasteiger partial charge is 0.269 e. The van der Waals surface area contributed by atoms with E-state index in [9.17, 15) is 4.79 Å². The molecule has 7 nitrogen and oxygen atoms in total. The molecule has 0 bridgehead atoms. The maximum absolute atomic E-state index is 12.4. The average molecular weight is 385 g/mol. The van der Waals surface area contributed by atoms with Crippen molar-refractivity contribution < 1.29 is 0 Å². The molecule has 0 fully saturated rings. The number of thioether (sulfide) groups is 1. The number of benzene rings is 1. The zero-order chi connectivity index (χ0) is 18.1. The molecule has 4 rings (SSSR count). The number of aryl methyl sites for hydroxylation is 1. The quantitative estimate of drug-likeness (QED) is 0.503. The van der Waals surface area contributed by atoms with E-state index in [1.54, 1.807) is 27.3 Å².